The zero-order valence-corrected chi connectivity index (χ0v) is 68.2. The van der Waals surface area contributed by atoms with Crippen LogP contribution in [0.25, 0.3) is 77.9 Å². The molecule has 2 atom stereocenters. The van der Waals surface area contributed by atoms with Crippen LogP contribution in [0.3, 0.4) is 0 Å². The van der Waals surface area contributed by atoms with Gasteiger partial charge in [-0.05, 0) is 220 Å². The van der Waals surface area contributed by atoms with Crippen LogP contribution in [0.4, 0.5) is 34.1 Å². The summed E-state index contributed by atoms with van der Waals surface area (Å²) in [5, 5.41) is 0. The SMILES string of the molecule is c1ccc(-c2ccc(C3(c4ccc(-c5ccc(N(c6ccccc6)c6ccccc6)cc5)cc4)c4ccccc4-c4c3ccc3c4Oc4ccccc4S3)cc2)cc1.c1ccc(-c2ccc(N(c3ccc(C4(c5ccc(-c6ccccc6)cc5)c5ccccc5-c5c4ccc4c5Oc5ccccc5S4)cc3)c3cccc(-c4ccccc4)c3)cc2)cc1. The van der Waals surface area contributed by atoms with E-state index in [1.807, 2.05) is 0 Å². The smallest absolute Gasteiger partial charge is 0.149 e. The van der Waals surface area contributed by atoms with E-state index in [1.165, 1.54) is 117 Å². The quantitative estimate of drug-likeness (QED) is 0.101. The summed E-state index contributed by atoms with van der Waals surface area (Å²) in [5.74, 6) is 3.67. The Bertz CT molecular complexity index is 7020. The van der Waals surface area contributed by atoms with Crippen LogP contribution in [0.2, 0.25) is 0 Å². The Kier molecular flexibility index (Phi) is 18.9. The van der Waals surface area contributed by atoms with Gasteiger partial charge in [0.2, 0.25) is 0 Å². The fourth-order valence-electron chi connectivity index (χ4n) is 18.9. The molecule has 2 heterocycles. The van der Waals surface area contributed by atoms with E-state index in [0.717, 1.165) is 82.3 Å². The van der Waals surface area contributed by atoms with Gasteiger partial charge in [0, 0.05) is 45.3 Å². The highest BCUT2D eigenvalue weighted by Gasteiger charge is 2.50. The maximum Gasteiger partial charge on any atom is 0.149 e. The van der Waals surface area contributed by atoms with Crippen LogP contribution in [0.15, 0.2) is 493 Å². The lowest BCUT2D eigenvalue weighted by Gasteiger charge is -2.35. The first-order valence-electron chi connectivity index (χ1n) is 41.6. The minimum Gasteiger partial charge on any atom is -0.454 e. The maximum absolute atomic E-state index is 6.92. The molecule has 2 aliphatic heterocycles. The molecule has 0 fully saturated rings. The van der Waals surface area contributed by atoms with Crippen molar-refractivity contribution in [3.63, 3.8) is 0 Å². The zero-order valence-electron chi connectivity index (χ0n) is 66.6. The summed E-state index contributed by atoms with van der Waals surface area (Å²) < 4.78 is 13.8. The Balaban J connectivity index is 0.000000146. The molecular weight excluding hydrogens is 1520 g/mol. The molecule has 122 heavy (non-hydrogen) atoms. The van der Waals surface area contributed by atoms with Crippen LogP contribution in [0, 0.1) is 0 Å². The Morgan fingerprint density at radius 3 is 0.820 bits per heavy atom. The molecule has 2 unspecified atom stereocenters. The number of para-hydroxylation sites is 4. The molecule has 6 heteroatoms. The van der Waals surface area contributed by atoms with Crippen molar-refractivity contribution in [3.8, 4) is 101 Å². The van der Waals surface area contributed by atoms with Crippen LogP contribution in [0.1, 0.15) is 44.5 Å². The predicted octanol–water partition coefficient (Wildman–Crippen LogP) is 31.9. The first kappa shape index (κ1) is 73.5. The average molecular weight is 1600 g/mol. The second-order valence-corrected chi connectivity index (χ2v) is 33.4. The van der Waals surface area contributed by atoms with Gasteiger partial charge in [-0.2, -0.15) is 0 Å². The van der Waals surface area contributed by atoms with Crippen molar-refractivity contribution in [1.29, 1.82) is 0 Å². The Morgan fingerprint density at radius 1 is 0.180 bits per heavy atom. The maximum atomic E-state index is 6.92. The molecule has 0 amide bonds. The number of hydrogen-bond acceptors (Lipinski definition) is 6. The highest BCUT2D eigenvalue weighted by atomic mass is 32.2. The number of fused-ring (bicyclic) bond motifs is 12. The summed E-state index contributed by atoms with van der Waals surface area (Å²) in [7, 11) is 0. The standard InChI is InChI=1S/C61H41NOS.C55H37NOS/c1-4-15-42(16-5-1)45-27-31-48(32-28-45)61(54-24-11-10-23-53(54)59-55(61)39-40-58-60(59)63-56-25-12-13-26-57(56)64-58)49-33-37-51(38-34-49)62(50-35-29-46(30-36-50)43-17-6-2-7-18-43)52-22-14-21-47(41-52)44-19-8-3-9-20-44;1-4-14-38(15-5-1)39-24-30-42(31-25-39)55(48-21-11-10-20-47(48)53-49(55)36-37-52-54(53)57-50-22-12-13-23-51(50)58-52)43-32-26-40(27-33-43)41-28-34-46(35-29-41)56(44-16-6-2-7-17-44)45-18-8-3-9-19-45/h1-41H;1-37H. The van der Waals surface area contributed by atoms with Gasteiger partial charge in [0.15, 0.2) is 0 Å². The van der Waals surface area contributed by atoms with Gasteiger partial charge in [-0.1, -0.05) is 388 Å². The summed E-state index contributed by atoms with van der Waals surface area (Å²) in [4.78, 5) is 9.22. The molecule has 576 valence electrons. The van der Waals surface area contributed by atoms with E-state index in [9.17, 15) is 0 Å². The molecule has 23 rings (SSSR count). The summed E-state index contributed by atoms with van der Waals surface area (Å²) in [6, 6.07) is 171. The highest BCUT2D eigenvalue weighted by Crippen LogP contribution is 2.65. The summed E-state index contributed by atoms with van der Waals surface area (Å²) in [6.07, 6.45) is 0. The molecule has 0 N–H and O–H groups in total. The van der Waals surface area contributed by atoms with E-state index in [4.69, 9.17) is 9.47 Å². The van der Waals surface area contributed by atoms with E-state index < -0.39 is 10.8 Å². The van der Waals surface area contributed by atoms with Gasteiger partial charge in [-0.25, -0.2) is 0 Å². The minimum atomic E-state index is -0.630. The Labute approximate surface area is 720 Å². The number of ether oxygens (including phenoxy) is 2. The lowest BCUT2D eigenvalue weighted by molar-refractivity contribution is 0.455. The largest absolute Gasteiger partial charge is 0.454 e. The van der Waals surface area contributed by atoms with Crippen molar-refractivity contribution < 1.29 is 9.47 Å². The van der Waals surface area contributed by atoms with Crippen molar-refractivity contribution in [2.75, 3.05) is 9.80 Å². The monoisotopic (exact) mass is 1590 g/mol. The summed E-state index contributed by atoms with van der Waals surface area (Å²) in [5.41, 5.74) is 31.8. The first-order valence-corrected chi connectivity index (χ1v) is 43.2. The fraction of sp³-hybridized carbons (Fsp3) is 0.0172. The van der Waals surface area contributed by atoms with Gasteiger partial charge in [0.1, 0.15) is 23.0 Å². The molecule has 19 aromatic carbocycles. The number of anilines is 6. The molecular formula is C116H78N2O2S2. The van der Waals surface area contributed by atoms with E-state index in [1.54, 1.807) is 23.5 Å². The van der Waals surface area contributed by atoms with Crippen molar-refractivity contribution >= 4 is 57.6 Å². The Hall–Kier alpha value is -14.9. The average Bonchev–Trinajstić information content (AvgIpc) is 1.53. The molecule has 0 spiro atoms. The van der Waals surface area contributed by atoms with Gasteiger partial charge in [0.25, 0.3) is 0 Å². The third-order valence-electron chi connectivity index (χ3n) is 24.5. The molecule has 0 aromatic heterocycles. The predicted molar refractivity (Wildman–Crippen MR) is 505 cm³/mol. The Morgan fingerprint density at radius 2 is 0.443 bits per heavy atom. The van der Waals surface area contributed by atoms with Gasteiger partial charge >= 0.3 is 0 Å². The zero-order chi connectivity index (χ0) is 80.9. The fourth-order valence-corrected chi connectivity index (χ4v) is 20.8. The van der Waals surface area contributed by atoms with Gasteiger partial charge in [-0.15, -0.1) is 0 Å². The molecule has 0 saturated heterocycles. The summed E-state index contributed by atoms with van der Waals surface area (Å²) >= 11 is 3.57. The molecule has 0 bridgehead atoms. The third kappa shape index (κ3) is 12.9. The second-order valence-electron chi connectivity index (χ2n) is 31.3. The third-order valence-corrected chi connectivity index (χ3v) is 26.7. The topological polar surface area (TPSA) is 24.9 Å². The van der Waals surface area contributed by atoms with Crippen LogP contribution >= 0.6 is 23.5 Å². The number of benzene rings is 19. The second kappa shape index (κ2) is 31.4. The van der Waals surface area contributed by atoms with Crippen molar-refractivity contribution in [2.24, 2.45) is 0 Å². The van der Waals surface area contributed by atoms with Crippen LogP contribution in [-0.4, -0.2) is 0 Å². The van der Waals surface area contributed by atoms with Gasteiger partial charge < -0.3 is 19.3 Å². The van der Waals surface area contributed by atoms with Gasteiger partial charge in [0.05, 0.1) is 30.4 Å². The molecule has 4 aliphatic rings. The minimum absolute atomic E-state index is 0.574. The van der Waals surface area contributed by atoms with E-state index >= 15 is 0 Å². The lowest BCUT2D eigenvalue weighted by atomic mass is 9.67. The normalized spacial score (nSPS) is 14.5. The molecule has 0 radical (unpaired) electrons. The van der Waals surface area contributed by atoms with Crippen LogP contribution in [0.5, 0.6) is 23.0 Å². The molecule has 0 saturated carbocycles. The van der Waals surface area contributed by atoms with Crippen molar-refractivity contribution in [3.05, 3.63) is 518 Å². The molecule has 19 aromatic rings. The highest BCUT2D eigenvalue weighted by molar-refractivity contribution is 8.00. The van der Waals surface area contributed by atoms with Gasteiger partial charge in [-0.3, -0.25) is 0 Å². The van der Waals surface area contributed by atoms with E-state index in [0.29, 0.717) is 0 Å². The number of hydrogen-bond donors (Lipinski definition) is 0. The van der Waals surface area contributed by atoms with Crippen LogP contribution in [-0.2, 0) is 10.8 Å². The molecule has 2 aliphatic carbocycles. The lowest BCUT2D eigenvalue weighted by Crippen LogP contribution is -2.28. The number of rotatable bonds is 15. The number of nitrogens with zero attached hydrogens (tertiary/aromatic N) is 2. The molecule has 4 nitrogen and oxygen atoms in total. The van der Waals surface area contributed by atoms with Crippen molar-refractivity contribution in [2.45, 2.75) is 30.4 Å². The van der Waals surface area contributed by atoms with E-state index in [-0.39, 0.29) is 0 Å². The van der Waals surface area contributed by atoms with Crippen molar-refractivity contribution in [1.82, 2.24) is 0 Å². The van der Waals surface area contributed by atoms with Crippen LogP contribution < -0.4 is 19.3 Å². The first-order chi connectivity index (χ1) is 60.5. The van der Waals surface area contributed by atoms with E-state index in [2.05, 4.69) is 483 Å². The summed E-state index contributed by atoms with van der Waals surface area (Å²) in [6.45, 7) is 0.